The van der Waals surface area contributed by atoms with Gasteiger partial charge in [0.05, 0.1) is 0 Å². The number of carbonyl (C=O) groups is 1. The second kappa shape index (κ2) is 8.04. The first-order valence-corrected chi connectivity index (χ1v) is 8.78. The van der Waals surface area contributed by atoms with Crippen molar-refractivity contribution < 1.29 is 9.32 Å². The molecule has 3 rings (SSSR count). The van der Waals surface area contributed by atoms with Gasteiger partial charge in [0.2, 0.25) is 17.6 Å². The Bertz CT molecular complexity index is 656. The zero-order chi connectivity index (χ0) is 16.8. The summed E-state index contributed by atoms with van der Waals surface area (Å²) in [6.45, 7) is 2.20. The highest BCUT2D eigenvalue weighted by Gasteiger charge is 2.25. The number of aromatic nitrogens is 3. The van der Waals surface area contributed by atoms with Crippen molar-refractivity contribution in [1.29, 1.82) is 0 Å². The van der Waals surface area contributed by atoms with E-state index in [2.05, 4.69) is 27.4 Å². The van der Waals surface area contributed by atoms with Crippen LogP contribution in [0.3, 0.4) is 0 Å². The Labute approximate surface area is 142 Å². The highest BCUT2D eigenvalue weighted by Crippen LogP contribution is 2.26. The van der Waals surface area contributed by atoms with Gasteiger partial charge in [0, 0.05) is 36.8 Å². The van der Waals surface area contributed by atoms with Gasteiger partial charge in [-0.05, 0) is 30.9 Å². The number of carbonyl (C=O) groups excluding carboxylic acids is 1. The molecule has 0 spiro atoms. The van der Waals surface area contributed by atoms with Crippen LogP contribution < -0.4 is 5.32 Å². The van der Waals surface area contributed by atoms with Gasteiger partial charge in [0.25, 0.3) is 0 Å². The van der Waals surface area contributed by atoms with E-state index in [0.717, 1.165) is 18.4 Å². The zero-order valence-electron chi connectivity index (χ0n) is 14.1. The molecule has 2 atom stereocenters. The Morgan fingerprint density at radius 3 is 3.04 bits per heavy atom. The molecule has 0 unspecified atom stereocenters. The van der Waals surface area contributed by atoms with Gasteiger partial charge in [-0.25, -0.2) is 0 Å². The van der Waals surface area contributed by atoms with Crippen LogP contribution >= 0.6 is 0 Å². The molecule has 1 fully saturated rings. The molecule has 2 aromatic rings. The molecule has 1 aliphatic rings. The van der Waals surface area contributed by atoms with E-state index in [4.69, 9.17) is 4.52 Å². The normalized spacial score (nSPS) is 20.7. The Morgan fingerprint density at radius 1 is 1.38 bits per heavy atom. The van der Waals surface area contributed by atoms with Gasteiger partial charge in [-0.2, -0.15) is 4.98 Å². The van der Waals surface area contributed by atoms with Crippen molar-refractivity contribution >= 4 is 5.91 Å². The molecular weight excluding hydrogens is 304 g/mol. The minimum atomic E-state index is 0.0708. The van der Waals surface area contributed by atoms with Gasteiger partial charge in [-0.15, -0.1) is 0 Å². The molecule has 1 saturated carbocycles. The Hall–Kier alpha value is -2.24. The third kappa shape index (κ3) is 4.19. The summed E-state index contributed by atoms with van der Waals surface area (Å²) in [6, 6.07) is 4.03. The number of aryl methyl sites for hydroxylation is 1. The summed E-state index contributed by atoms with van der Waals surface area (Å²) in [5.41, 5.74) is 0.810. The predicted octanol–water partition coefficient (Wildman–Crippen LogP) is 3.15. The molecule has 0 saturated heterocycles. The van der Waals surface area contributed by atoms with Crippen molar-refractivity contribution in [3.63, 3.8) is 0 Å². The van der Waals surface area contributed by atoms with Crippen LogP contribution in [-0.4, -0.2) is 27.1 Å². The number of nitrogens with one attached hydrogen (secondary N) is 1. The monoisotopic (exact) mass is 328 g/mol. The lowest BCUT2D eigenvalue weighted by molar-refractivity contribution is -0.122. The first kappa shape index (κ1) is 16.6. The maximum absolute atomic E-state index is 12.2. The summed E-state index contributed by atoms with van der Waals surface area (Å²) < 4.78 is 5.23. The average Bonchev–Trinajstić information content (AvgIpc) is 3.10. The van der Waals surface area contributed by atoms with Crippen LogP contribution in [0, 0.1) is 5.92 Å². The smallest absolute Gasteiger partial charge is 0.227 e. The SMILES string of the molecule is CC[C@@H]1CCCC[C@@H]1NC(=O)CCc1nc(-c2cccnc2)no1. The van der Waals surface area contributed by atoms with E-state index < -0.39 is 0 Å². The van der Waals surface area contributed by atoms with E-state index in [9.17, 15) is 4.79 Å². The fourth-order valence-electron chi connectivity index (χ4n) is 3.35. The third-order valence-corrected chi connectivity index (χ3v) is 4.73. The fraction of sp³-hybridized carbons (Fsp3) is 0.556. The van der Waals surface area contributed by atoms with Gasteiger partial charge in [0.15, 0.2) is 0 Å². The standard InChI is InChI=1S/C18H24N4O2/c1-2-13-6-3-4-8-15(13)20-16(23)9-10-17-21-18(22-24-17)14-7-5-11-19-12-14/h5,7,11-13,15H,2-4,6,8-10H2,1H3,(H,20,23)/t13-,15+/m1/s1. The van der Waals surface area contributed by atoms with Crippen molar-refractivity contribution in [3.8, 4) is 11.4 Å². The molecule has 128 valence electrons. The molecule has 1 amide bonds. The van der Waals surface area contributed by atoms with E-state index in [1.54, 1.807) is 12.4 Å². The summed E-state index contributed by atoms with van der Waals surface area (Å²) in [5.74, 6) is 1.68. The molecular formula is C18H24N4O2. The van der Waals surface area contributed by atoms with E-state index in [0.29, 0.717) is 36.5 Å². The maximum Gasteiger partial charge on any atom is 0.227 e. The van der Waals surface area contributed by atoms with Crippen LogP contribution in [-0.2, 0) is 11.2 Å². The van der Waals surface area contributed by atoms with Gasteiger partial charge >= 0.3 is 0 Å². The van der Waals surface area contributed by atoms with Crippen LogP contribution in [0.2, 0.25) is 0 Å². The van der Waals surface area contributed by atoms with Gasteiger partial charge in [0.1, 0.15) is 0 Å². The van der Waals surface area contributed by atoms with Crippen LogP contribution in [0.1, 0.15) is 51.3 Å². The number of nitrogens with zero attached hydrogens (tertiary/aromatic N) is 3. The van der Waals surface area contributed by atoms with Gasteiger partial charge in [-0.3, -0.25) is 9.78 Å². The maximum atomic E-state index is 12.2. The summed E-state index contributed by atoms with van der Waals surface area (Å²) in [5, 5.41) is 7.14. The lowest BCUT2D eigenvalue weighted by Gasteiger charge is -2.31. The van der Waals surface area contributed by atoms with Crippen molar-refractivity contribution in [2.24, 2.45) is 5.92 Å². The summed E-state index contributed by atoms with van der Waals surface area (Å²) in [7, 11) is 0. The van der Waals surface area contributed by atoms with Crippen molar-refractivity contribution in [1.82, 2.24) is 20.4 Å². The fourth-order valence-corrected chi connectivity index (χ4v) is 3.35. The summed E-state index contributed by atoms with van der Waals surface area (Å²) >= 11 is 0. The number of pyridine rings is 1. The van der Waals surface area contributed by atoms with Crippen molar-refractivity contribution in [2.75, 3.05) is 0 Å². The average molecular weight is 328 g/mol. The second-order valence-electron chi connectivity index (χ2n) is 6.38. The number of rotatable bonds is 6. The van der Waals surface area contributed by atoms with Gasteiger partial charge in [-0.1, -0.05) is 31.3 Å². The van der Waals surface area contributed by atoms with Crippen LogP contribution in [0.15, 0.2) is 29.0 Å². The molecule has 0 bridgehead atoms. The number of amides is 1. The third-order valence-electron chi connectivity index (χ3n) is 4.73. The molecule has 2 aromatic heterocycles. The highest BCUT2D eigenvalue weighted by molar-refractivity contribution is 5.76. The van der Waals surface area contributed by atoms with E-state index in [1.165, 1.54) is 19.3 Å². The van der Waals surface area contributed by atoms with Crippen LogP contribution in [0.4, 0.5) is 0 Å². The first-order chi connectivity index (χ1) is 11.8. The molecule has 6 nitrogen and oxygen atoms in total. The van der Waals surface area contributed by atoms with Crippen molar-refractivity contribution in [2.45, 2.75) is 57.9 Å². The van der Waals surface area contributed by atoms with Crippen LogP contribution in [0.5, 0.6) is 0 Å². The molecule has 0 aromatic carbocycles. The molecule has 1 aliphatic carbocycles. The van der Waals surface area contributed by atoms with E-state index in [-0.39, 0.29) is 5.91 Å². The summed E-state index contributed by atoms with van der Waals surface area (Å²) in [4.78, 5) is 20.6. The second-order valence-corrected chi connectivity index (χ2v) is 6.38. The number of hydrogen-bond acceptors (Lipinski definition) is 5. The molecule has 0 radical (unpaired) electrons. The highest BCUT2D eigenvalue weighted by atomic mass is 16.5. The Kier molecular flexibility index (Phi) is 5.56. The quantitative estimate of drug-likeness (QED) is 0.881. The Morgan fingerprint density at radius 2 is 2.25 bits per heavy atom. The zero-order valence-corrected chi connectivity index (χ0v) is 14.1. The summed E-state index contributed by atoms with van der Waals surface area (Å²) in [6.07, 6.45) is 10.2. The molecule has 2 heterocycles. The lowest BCUT2D eigenvalue weighted by atomic mass is 9.83. The van der Waals surface area contributed by atoms with Gasteiger partial charge < -0.3 is 9.84 Å². The Balaban J connectivity index is 1.50. The molecule has 0 aliphatic heterocycles. The van der Waals surface area contributed by atoms with Crippen LogP contribution in [0.25, 0.3) is 11.4 Å². The van der Waals surface area contributed by atoms with E-state index >= 15 is 0 Å². The largest absolute Gasteiger partial charge is 0.353 e. The lowest BCUT2D eigenvalue weighted by Crippen LogP contribution is -2.42. The molecule has 1 N–H and O–H groups in total. The molecule has 6 heteroatoms. The predicted molar refractivity (Wildman–Crippen MR) is 90.0 cm³/mol. The minimum absolute atomic E-state index is 0.0708. The minimum Gasteiger partial charge on any atom is -0.353 e. The number of hydrogen-bond donors (Lipinski definition) is 1. The van der Waals surface area contributed by atoms with E-state index in [1.807, 2.05) is 12.1 Å². The first-order valence-electron chi connectivity index (χ1n) is 8.78. The van der Waals surface area contributed by atoms with Crippen molar-refractivity contribution in [3.05, 3.63) is 30.4 Å². The molecule has 24 heavy (non-hydrogen) atoms. The topological polar surface area (TPSA) is 80.9 Å².